The molecule has 2 unspecified atom stereocenters. The molecular weight excluding hydrogens is 498 g/mol. The van der Waals surface area contributed by atoms with Gasteiger partial charge in [-0.25, -0.2) is 28.7 Å². The van der Waals surface area contributed by atoms with Gasteiger partial charge in [-0.2, -0.15) is 0 Å². The maximum absolute atomic E-state index is 15.0. The van der Waals surface area contributed by atoms with E-state index in [1.54, 1.807) is 6.07 Å². The van der Waals surface area contributed by atoms with Crippen LogP contribution >= 0.6 is 0 Å². The third kappa shape index (κ3) is 4.45. The van der Waals surface area contributed by atoms with E-state index in [0.717, 1.165) is 68.4 Å². The molecule has 1 aromatic carbocycles. The molecule has 2 fully saturated rings. The fourth-order valence-corrected chi connectivity index (χ4v) is 6.64. The number of aromatic nitrogens is 5. The van der Waals surface area contributed by atoms with Crippen LogP contribution in [-0.4, -0.2) is 67.0 Å². The van der Waals surface area contributed by atoms with Crippen LogP contribution in [0.3, 0.4) is 0 Å². The number of nitrogens with zero attached hydrogens (tertiary/aromatic N) is 7. The van der Waals surface area contributed by atoms with Crippen molar-refractivity contribution < 1.29 is 8.78 Å². The third-order valence-corrected chi connectivity index (χ3v) is 8.62. The Morgan fingerprint density at radius 2 is 1.74 bits per heavy atom. The van der Waals surface area contributed by atoms with Crippen molar-refractivity contribution in [3.05, 3.63) is 59.7 Å². The van der Waals surface area contributed by atoms with Crippen molar-refractivity contribution >= 4 is 22.8 Å². The van der Waals surface area contributed by atoms with E-state index in [1.807, 2.05) is 16.8 Å². The number of anilines is 2. The van der Waals surface area contributed by atoms with Crippen molar-refractivity contribution in [3.63, 3.8) is 0 Å². The van der Waals surface area contributed by atoms with Crippen LogP contribution in [0.4, 0.5) is 20.5 Å². The van der Waals surface area contributed by atoms with Crippen molar-refractivity contribution in [2.24, 2.45) is 11.8 Å². The largest absolute Gasteiger partial charge is 0.325 e. The average molecular weight is 531 g/mol. The zero-order valence-corrected chi connectivity index (χ0v) is 22.2. The zero-order chi connectivity index (χ0) is 26.7. The first kappa shape index (κ1) is 24.5. The summed E-state index contributed by atoms with van der Waals surface area (Å²) in [5.74, 6) is 2.08. The van der Waals surface area contributed by atoms with E-state index >= 15 is 4.39 Å². The molecule has 1 N–H and O–H groups in total. The number of fused-ring (bicyclic) bond motifs is 4. The first-order valence-corrected chi connectivity index (χ1v) is 13.8. The summed E-state index contributed by atoms with van der Waals surface area (Å²) < 4.78 is 31.9. The molecule has 4 aromatic rings. The Kier molecular flexibility index (Phi) is 6.04. The minimum Gasteiger partial charge on any atom is -0.325 e. The van der Waals surface area contributed by atoms with Gasteiger partial charge in [0.15, 0.2) is 11.6 Å². The molecule has 8 nitrogen and oxygen atoms in total. The lowest BCUT2D eigenvalue weighted by atomic mass is 10.0. The molecule has 0 saturated carbocycles. The Morgan fingerprint density at radius 1 is 0.949 bits per heavy atom. The van der Waals surface area contributed by atoms with Gasteiger partial charge >= 0.3 is 0 Å². The summed E-state index contributed by atoms with van der Waals surface area (Å²) in [4.78, 5) is 22.6. The smallest absolute Gasteiger partial charge is 0.229 e. The molecule has 0 amide bonds. The van der Waals surface area contributed by atoms with Crippen LogP contribution in [0, 0.1) is 23.5 Å². The van der Waals surface area contributed by atoms with Gasteiger partial charge in [-0.3, -0.25) is 4.90 Å². The van der Waals surface area contributed by atoms with Gasteiger partial charge in [0.2, 0.25) is 5.95 Å². The van der Waals surface area contributed by atoms with Gasteiger partial charge in [0.05, 0.1) is 11.7 Å². The second kappa shape index (κ2) is 9.60. The van der Waals surface area contributed by atoms with E-state index in [2.05, 4.69) is 55.0 Å². The topological polar surface area (TPSA) is 75.0 Å². The molecule has 39 heavy (non-hydrogen) atoms. The van der Waals surface area contributed by atoms with E-state index in [9.17, 15) is 4.39 Å². The summed E-state index contributed by atoms with van der Waals surface area (Å²) >= 11 is 0. The van der Waals surface area contributed by atoms with Crippen LogP contribution in [0.1, 0.15) is 37.7 Å². The van der Waals surface area contributed by atoms with E-state index in [1.165, 1.54) is 19.2 Å². The van der Waals surface area contributed by atoms with Gasteiger partial charge in [0.25, 0.3) is 0 Å². The number of nitrogens with one attached hydrogen (secondary N) is 1. The van der Waals surface area contributed by atoms with Crippen molar-refractivity contribution in [1.82, 2.24) is 34.3 Å². The Balaban J connectivity index is 1.07. The number of benzene rings is 1. The Labute approximate surface area is 226 Å². The molecule has 0 radical (unpaired) electrons. The highest BCUT2D eigenvalue weighted by atomic mass is 19.1. The first-order valence-electron chi connectivity index (χ1n) is 13.8. The number of rotatable bonds is 6. The fraction of sp³-hybridized carbons (Fsp3) is 0.448. The highest BCUT2D eigenvalue weighted by Gasteiger charge is 2.39. The minimum absolute atomic E-state index is 0.0346. The second-order valence-corrected chi connectivity index (χ2v) is 11.2. The highest BCUT2D eigenvalue weighted by molar-refractivity contribution is 5.83. The molecule has 202 valence electrons. The number of hydrogen-bond acceptors (Lipinski definition) is 7. The first-order chi connectivity index (χ1) is 18.9. The molecule has 3 aliphatic rings. The second-order valence-electron chi connectivity index (χ2n) is 11.2. The third-order valence-electron chi connectivity index (χ3n) is 8.62. The van der Waals surface area contributed by atoms with Gasteiger partial charge in [-0.05, 0) is 55.5 Å². The van der Waals surface area contributed by atoms with E-state index < -0.39 is 11.6 Å². The van der Waals surface area contributed by atoms with E-state index in [-0.39, 0.29) is 17.7 Å². The summed E-state index contributed by atoms with van der Waals surface area (Å²) in [6.45, 7) is 11.1. The minimum atomic E-state index is -0.616. The number of aryl methyl sites for hydroxylation is 1. The summed E-state index contributed by atoms with van der Waals surface area (Å²) in [6.07, 6.45) is 4.74. The predicted octanol–water partition coefficient (Wildman–Crippen LogP) is 4.80. The van der Waals surface area contributed by atoms with Crippen LogP contribution in [0.25, 0.3) is 22.3 Å². The Hall–Kier alpha value is -3.50. The lowest BCUT2D eigenvalue weighted by Crippen LogP contribution is -2.28. The van der Waals surface area contributed by atoms with Crippen LogP contribution in [0.5, 0.6) is 0 Å². The van der Waals surface area contributed by atoms with Gasteiger partial charge < -0.3 is 14.8 Å². The Bertz CT molecular complexity index is 1520. The summed E-state index contributed by atoms with van der Waals surface area (Å²) in [5, 5.41) is 3.07. The average Bonchev–Trinajstić information content (AvgIpc) is 3.67. The summed E-state index contributed by atoms with van der Waals surface area (Å²) in [6, 6.07) is 7.23. The molecule has 7 rings (SSSR count). The number of likely N-dealkylation sites (tertiary alicyclic amines) is 2. The fourth-order valence-electron chi connectivity index (χ4n) is 6.64. The number of pyridine rings is 1. The lowest BCUT2D eigenvalue weighted by molar-refractivity contribution is 0.257. The Morgan fingerprint density at radius 3 is 2.49 bits per heavy atom. The molecule has 10 heteroatoms. The molecule has 3 aliphatic heterocycles. The van der Waals surface area contributed by atoms with Crippen LogP contribution in [0.15, 0.2) is 36.7 Å². The van der Waals surface area contributed by atoms with Crippen LogP contribution < -0.4 is 5.32 Å². The maximum Gasteiger partial charge on any atom is 0.229 e. The standard InChI is InChI=1S/C29H32F2N8/c1-3-37-13-20-15-38(16-21(20)14-37)12-18-5-6-25(32-10-18)34-29-33-11-23(31)27(36-29)19-8-22(30)28-24(9-19)39-17(2)4-7-26(39)35-28/h5-6,8-11,17,20-21H,3-4,7,12-16H2,1-2H3,(H,32,33,34,36)/t17-,20?,21?/m1/s1. The number of imidazole rings is 1. The SMILES string of the molecule is CCN1CC2CN(Cc3ccc(Nc4ncc(F)c(-c5cc(F)c6nc7n(c6c5)[C@H](C)CC7)n4)nc3)CC2C1. The van der Waals surface area contributed by atoms with Gasteiger partial charge in [-0.1, -0.05) is 13.0 Å². The van der Waals surface area contributed by atoms with Crippen molar-refractivity contribution in [2.45, 2.75) is 39.3 Å². The summed E-state index contributed by atoms with van der Waals surface area (Å²) in [7, 11) is 0. The van der Waals surface area contributed by atoms with Crippen LogP contribution in [0.2, 0.25) is 0 Å². The van der Waals surface area contributed by atoms with Crippen molar-refractivity contribution in [1.29, 1.82) is 0 Å². The van der Waals surface area contributed by atoms with Gasteiger partial charge in [-0.15, -0.1) is 0 Å². The van der Waals surface area contributed by atoms with Gasteiger partial charge in [0, 0.05) is 56.9 Å². The van der Waals surface area contributed by atoms with Gasteiger partial charge in [0.1, 0.15) is 22.9 Å². The highest BCUT2D eigenvalue weighted by Crippen LogP contribution is 2.35. The predicted molar refractivity (Wildman–Crippen MR) is 146 cm³/mol. The molecule has 2 saturated heterocycles. The molecule has 0 bridgehead atoms. The number of halogens is 2. The van der Waals surface area contributed by atoms with E-state index in [4.69, 9.17) is 0 Å². The van der Waals surface area contributed by atoms with Crippen molar-refractivity contribution in [2.75, 3.05) is 38.0 Å². The molecule has 6 heterocycles. The molecule has 0 spiro atoms. The monoisotopic (exact) mass is 530 g/mol. The van der Waals surface area contributed by atoms with Crippen molar-refractivity contribution in [3.8, 4) is 11.3 Å². The molecule has 3 atom stereocenters. The number of hydrogen-bond donors (Lipinski definition) is 1. The quantitative estimate of drug-likeness (QED) is 0.384. The van der Waals surface area contributed by atoms with Crippen LogP contribution in [-0.2, 0) is 13.0 Å². The molecular formula is C29H32F2N8. The maximum atomic E-state index is 15.0. The van der Waals surface area contributed by atoms with E-state index in [0.29, 0.717) is 22.4 Å². The lowest BCUT2D eigenvalue weighted by Gasteiger charge is -2.20. The zero-order valence-electron chi connectivity index (χ0n) is 22.2. The molecule has 0 aliphatic carbocycles. The summed E-state index contributed by atoms with van der Waals surface area (Å²) in [5.41, 5.74) is 2.52. The normalized spacial score (nSPS) is 23.0. The molecule has 3 aromatic heterocycles.